The molecule has 7 rings (SSSR count). The Morgan fingerprint density at radius 2 is 1.82 bits per heavy atom. The maximum Gasteiger partial charge on any atom is 0.411 e. The lowest BCUT2D eigenvalue weighted by atomic mass is 9.51. The van der Waals surface area contributed by atoms with Gasteiger partial charge in [-0.2, -0.15) is 0 Å². The van der Waals surface area contributed by atoms with Crippen molar-refractivity contribution in [1.82, 2.24) is 5.32 Å². The first kappa shape index (κ1) is 31.2. The first-order chi connectivity index (χ1) is 21.6. The van der Waals surface area contributed by atoms with Gasteiger partial charge in [0.1, 0.15) is 6.61 Å². The highest BCUT2D eigenvalue weighted by Crippen LogP contribution is 2.66. The van der Waals surface area contributed by atoms with Crippen molar-refractivity contribution < 1.29 is 23.4 Å². The van der Waals surface area contributed by atoms with Crippen molar-refractivity contribution in [1.29, 1.82) is 0 Å². The smallest absolute Gasteiger partial charge is 0.411 e. The second-order valence-electron chi connectivity index (χ2n) is 16.2. The van der Waals surface area contributed by atoms with E-state index in [1.165, 1.54) is 18.4 Å². The van der Waals surface area contributed by atoms with E-state index in [1.807, 2.05) is 12.2 Å². The molecule has 1 saturated heterocycles. The number of alkyl carbamates (subject to hydrolysis) is 1. The van der Waals surface area contributed by atoms with Crippen molar-refractivity contribution in [3.05, 3.63) is 70.5 Å². The first-order valence-corrected chi connectivity index (χ1v) is 17.6. The largest absolute Gasteiger partial charge is 0.444 e. The molecule has 1 aromatic carbocycles. The summed E-state index contributed by atoms with van der Waals surface area (Å²) in [5.74, 6) is 2.12. The molecule has 1 N–H and O–H groups in total. The molecule has 1 heterocycles. The number of allylic oxidation sites excluding steroid dienone is 5. The van der Waals surface area contributed by atoms with Gasteiger partial charge in [0, 0.05) is 29.9 Å². The van der Waals surface area contributed by atoms with Crippen LogP contribution in [0.3, 0.4) is 0 Å². The Hall–Kier alpha value is -2.44. The Morgan fingerprint density at radius 1 is 1.04 bits per heavy atom. The molecule has 0 radical (unpaired) electrons. The second kappa shape index (κ2) is 12.0. The van der Waals surface area contributed by atoms with Gasteiger partial charge >= 0.3 is 6.09 Å². The predicted molar refractivity (Wildman–Crippen MR) is 174 cm³/mol. The van der Waals surface area contributed by atoms with E-state index in [4.69, 9.17) is 14.2 Å². The van der Waals surface area contributed by atoms with Gasteiger partial charge in [0.2, 0.25) is 0 Å². The van der Waals surface area contributed by atoms with E-state index >= 15 is 0 Å². The summed E-state index contributed by atoms with van der Waals surface area (Å²) < 4.78 is 33.0. The zero-order valence-electron chi connectivity index (χ0n) is 27.7. The molecular weight excluding hydrogens is 565 g/mol. The average molecular weight is 618 g/mol. The van der Waals surface area contributed by atoms with Crippen LogP contribution in [0.25, 0.3) is 0 Å². The second-order valence-corrected chi connectivity index (χ2v) is 16.2. The third kappa shape index (κ3) is 5.95. The first-order valence-electron chi connectivity index (χ1n) is 17.6. The van der Waals surface area contributed by atoms with Crippen LogP contribution in [-0.2, 0) is 20.8 Å². The van der Waals surface area contributed by atoms with E-state index in [-0.39, 0.29) is 30.0 Å². The van der Waals surface area contributed by atoms with Crippen molar-refractivity contribution in [2.24, 2.45) is 40.4 Å². The zero-order chi connectivity index (χ0) is 31.4. The summed E-state index contributed by atoms with van der Waals surface area (Å²) in [7, 11) is 0. The quantitative estimate of drug-likeness (QED) is 0.335. The van der Waals surface area contributed by atoms with Crippen LogP contribution in [0.1, 0.15) is 103 Å². The predicted octanol–water partition coefficient (Wildman–Crippen LogP) is 9.16. The summed E-state index contributed by atoms with van der Waals surface area (Å²) in [5.41, 5.74) is 6.52. The molecule has 1 spiro atoms. The SMILES string of the molecule is CC1C=CC(NC(=O)OCc2ccc(C3CC4(C)C(CF)CCC4C4CCC5CC6(CCC5=C34)OCC(C)(C)CO6)cc2)=CC1. The molecule has 0 aromatic heterocycles. The summed E-state index contributed by atoms with van der Waals surface area (Å²) in [5, 5.41) is 2.85. The molecule has 0 bridgehead atoms. The number of benzene rings is 1. The molecule has 1 amide bonds. The average Bonchev–Trinajstić information content (AvgIpc) is 3.38. The van der Waals surface area contributed by atoms with Crippen molar-refractivity contribution in [3.63, 3.8) is 0 Å². The minimum Gasteiger partial charge on any atom is -0.444 e. The van der Waals surface area contributed by atoms with Crippen LogP contribution < -0.4 is 5.32 Å². The van der Waals surface area contributed by atoms with E-state index in [1.54, 1.807) is 11.1 Å². The number of ether oxygens (including phenoxy) is 3. The number of carbonyl (C=O) groups excluding carboxylic acids is 1. The molecule has 6 heteroatoms. The number of rotatable bonds is 5. The molecule has 244 valence electrons. The molecule has 5 nitrogen and oxygen atoms in total. The number of halogens is 1. The Balaban J connectivity index is 1.11. The van der Waals surface area contributed by atoms with Crippen molar-refractivity contribution >= 4 is 6.09 Å². The van der Waals surface area contributed by atoms with Crippen LogP contribution in [0.5, 0.6) is 0 Å². The van der Waals surface area contributed by atoms with Crippen LogP contribution in [0.2, 0.25) is 0 Å². The van der Waals surface area contributed by atoms with Gasteiger partial charge in [0.15, 0.2) is 5.79 Å². The lowest BCUT2D eigenvalue weighted by Gasteiger charge is -2.55. The molecule has 3 saturated carbocycles. The van der Waals surface area contributed by atoms with Crippen LogP contribution in [0, 0.1) is 40.4 Å². The molecule has 7 atom stereocenters. The Bertz CT molecular complexity index is 1370. The van der Waals surface area contributed by atoms with Gasteiger partial charge in [-0.25, -0.2) is 4.79 Å². The summed E-state index contributed by atoms with van der Waals surface area (Å²) >= 11 is 0. The lowest BCUT2D eigenvalue weighted by molar-refractivity contribution is -0.312. The van der Waals surface area contributed by atoms with E-state index in [0.717, 1.165) is 69.4 Å². The van der Waals surface area contributed by atoms with Crippen LogP contribution >= 0.6 is 0 Å². The van der Waals surface area contributed by atoms with Gasteiger partial charge in [0.25, 0.3) is 0 Å². The van der Waals surface area contributed by atoms with E-state index in [2.05, 4.69) is 63.4 Å². The van der Waals surface area contributed by atoms with Crippen LogP contribution in [0.15, 0.2) is 59.3 Å². The van der Waals surface area contributed by atoms with Gasteiger partial charge < -0.3 is 14.2 Å². The van der Waals surface area contributed by atoms with Crippen molar-refractivity contribution in [3.8, 4) is 0 Å². The maximum atomic E-state index is 14.5. The fourth-order valence-corrected chi connectivity index (χ4v) is 9.85. The molecule has 45 heavy (non-hydrogen) atoms. The normalized spacial score (nSPS) is 36.5. The molecule has 1 aromatic rings. The Kier molecular flexibility index (Phi) is 8.30. The van der Waals surface area contributed by atoms with Crippen LogP contribution in [-0.4, -0.2) is 31.8 Å². The lowest BCUT2D eigenvalue weighted by Crippen LogP contribution is -2.52. The topological polar surface area (TPSA) is 56.8 Å². The molecule has 6 aliphatic rings. The summed E-state index contributed by atoms with van der Waals surface area (Å²) in [6, 6.07) is 8.71. The van der Waals surface area contributed by atoms with Crippen molar-refractivity contribution in [2.45, 2.75) is 104 Å². The number of amides is 1. The third-order valence-electron chi connectivity index (χ3n) is 12.5. The minimum absolute atomic E-state index is 0.0258. The summed E-state index contributed by atoms with van der Waals surface area (Å²) in [6.45, 7) is 10.5. The highest BCUT2D eigenvalue weighted by molar-refractivity contribution is 5.70. The highest BCUT2D eigenvalue weighted by atomic mass is 19.1. The molecule has 5 aliphatic carbocycles. The van der Waals surface area contributed by atoms with Gasteiger partial charge in [0.05, 0.1) is 19.9 Å². The highest BCUT2D eigenvalue weighted by Gasteiger charge is 2.58. The number of carbonyl (C=O) groups is 1. The minimum atomic E-state index is -0.432. The van der Waals surface area contributed by atoms with Gasteiger partial charge in [-0.3, -0.25) is 9.71 Å². The third-order valence-corrected chi connectivity index (χ3v) is 12.5. The Morgan fingerprint density at radius 3 is 2.53 bits per heavy atom. The number of alkyl halides is 1. The number of nitrogens with one attached hydrogen (secondary N) is 1. The molecule has 7 unspecified atom stereocenters. The van der Waals surface area contributed by atoms with Gasteiger partial charge in [-0.15, -0.1) is 0 Å². The number of hydrogen-bond acceptors (Lipinski definition) is 4. The Labute approximate surface area is 269 Å². The monoisotopic (exact) mass is 617 g/mol. The molecule has 4 fully saturated rings. The number of hydrogen-bond donors (Lipinski definition) is 1. The summed E-state index contributed by atoms with van der Waals surface area (Å²) in [4.78, 5) is 12.5. The summed E-state index contributed by atoms with van der Waals surface area (Å²) in [6.07, 6.45) is 15.0. The fourth-order valence-electron chi connectivity index (χ4n) is 9.85. The van der Waals surface area contributed by atoms with Crippen LogP contribution in [0.4, 0.5) is 9.18 Å². The van der Waals surface area contributed by atoms with Gasteiger partial charge in [-0.1, -0.05) is 75.3 Å². The molecule has 1 aliphatic heterocycles. The fraction of sp³-hybridized carbons (Fsp3) is 0.667. The van der Waals surface area contributed by atoms with E-state index < -0.39 is 11.9 Å². The zero-order valence-corrected chi connectivity index (χ0v) is 27.7. The van der Waals surface area contributed by atoms with Crippen molar-refractivity contribution in [2.75, 3.05) is 19.9 Å². The van der Waals surface area contributed by atoms with E-state index in [0.29, 0.717) is 29.6 Å². The standard InChI is InChI=1S/C39H52FNO4/c1-25-5-13-30(14-6-25)41-36(42)43-22-26-7-9-27(10-8-26)33-20-38(4)29(21-40)12-16-34(38)32-15-11-28-19-39(18-17-31(28)35(32)33)44-23-37(2,3)24-45-39/h5,7-10,13-14,25,28-29,32-34H,6,11-12,15-24H2,1-4H3,(H,41,42). The number of fused-ring (bicyclic) bond motifs is 4. The van der Waals surface area contributed by atoms with E-state index in [9.17, 15) is 9.18 Å². The van der Waals surface area contributed by atoms with Gasteiger partial charge in [-0.05, 0) is 97.2 Å². The maximum absolute atomic E-state index is 14.5. The molecular formula is C39H52FNO4.